The SMILES string of the molecule is CCCN(CC)CCOC(=O)/N=C(\c1ccccc1)C(C)(C)C. The minimum atomic E-state index is -0.508. The van der Waals surface area contributed by atoms with Crippen molar-refractivity contribution in [1.82, 2.24) is 4.90 Å². The van der Waals surface area contributed by atoms with Gasteiger partial charge in [-0.05, 0) is 25.1 Å². The Bertz CT molecular complexity index is 504. The largest absolute Gasteiger partial charge is 0.447 e. The van der Waals surface area contributed by atoms with Crippen LogP contribution in [-0.2, 0) is 4.74 Å². The standard InChI is InChI=1S/C19H30N2O2/c1-6-13-21(7-2)14-15-23-18(22)20-17(19(3,4)5)16-11-9-8-10-12-16/h8-12H,6-7,13-15H2,1-5H3/b20-17+. The number of hydrogen-bond donors (Lipinski definition) is 0. The van der Waals surface area contributed by atoms with Crippen LogP contribution in [0, 0.1) is 5.41 Å². The molecule has 1 rings (SSSR count). The highest BCUT2D eigenvalue weighted by atomic mass is 16.5. The third kappa shape index (κ3) is 6.95. The molecule has 0 aliphatic carbocycles. The van der Waals surface area contributed by atoms with Crippen LogP contribution in [0.3, 0.4) is 0 Å². The first-order chi connectivity index (χ1) is 10.9. The maximum Gasteiger partial charge on any atom is 0.433 e. The highest BCUT2D eigenvalue weighted by Crippen LogP contribution is 2.22. The first kappa shape index (κ1) is 19.4. The molecule has 1 aromatic rings. The summed E-state index contributed by atoms with van der Waals surface area (Å²) >= 11 is 0. The fourth-order valence-corrected chi connectivity index (χ4v) is 2.39. The lowest BCUT2D eigenvalue weighted by Gasteiger charge is -2.22. The molecule has 0 aliphatic heterocycles. The van der Waals surface area contributed by atoms with Gasteiger partial charge in [-0.15, -0.1) is 0 Å². The molecule has 0 bridgehead atoms. The van der Waals surface area contributed by atoms with Gasteiger partial charge in [-0.2, -0.15) is 4.99 Å². The minimum absolute atomic E-state index is 0.224. The molecule has 0 aromatic heterocycles. The molecular formula is C19H30N2O2. The van der Waals surface area contributed by atoms with Crippen LogP contribution in [0.4, 0.5) is 4.79 Å². The fourth-order valence-electron chi connectivity index (χ4n) is 2.39. The van der Waals surface area contributed by atoms with E-state index in [1.165, 1.54) is 0 Å². The van der Waals surface area contributed by atoms with Crippen molar-refractivity contribution in [1.29, 1.82) is 0 Å². The molecule has 0 N–H and O–H groups in total. The molecule has 0 saturated heterocycles. The molecular weight excluding hydrogens is 288 g/mol. The van der Waals surface area contributed by atoms with Crippen LogP contribution in [0.15, 0.2) is 35.3 Å². The number of nitrogens with zero attached hydrogens (tertiary/aromatic N) is 2. The number of rotatable bonds is 7. The average Bonchev–Trinajstić information content (AvgIpc) is 2.51. The summed E-state index contributed by atoms with van der Waals surface area (Å²) in [5.74, 6) is 0. The van der Waals surface area contributed by atoms with Crippen molar-refractivity contribution in [2.45, 2.75) is 41.0 Å². The predicted molar refractivity (Wildman–Crippen MR) is 96.2 cm³/mol. The van der Waals surface area contributed by atoms with Gasteiger partial charge in [0.25, 0.3) is 0 Å². The number of carbonyl (C=O) groups is 1. The Morgan fingerprint density at radius 2 is 1.78 bits per heavy atom. The van der Waals surface area contributed by atoms with Crippen molar-refractivity contribution in [3.63, 3.8) is 0 Å². The second-order valence-corrected chi connectivity index (χ2v) is 6.63. The van der Waals surface area contributed by atoms with E-state index in [0.717, 1.165) is 37.3 Å². The highest BCUT2D eigenvalue weighted by molar-refractivity contribution is 6.08. The summed E-state index contributed by atoms with van der Waals surface area (Å²) in [7, 11) is 0. The van der Waals surface area contributed by atoms with Crippen LogP contribution in [0.2, 0.25) is 0 Å². The van der Waals surface area contributed by atoms with Crippen LogP contribution in [0.5, 0.6) is 0 Å². The van der Waals surface area contributed by atoms with E-state index >= 15 is 0 Å². The van der Waals surface area contributed by atoms with E-state index in [2.05, 4.69) is 23.7 Å². The smallest absolute Gasteiger partial charge is 0.433 e. The summed E-state index contributed by atoms with van der Waals surface area (Å²) in [5, 5.41) is 0. The van der Waals surface area contributed by atoms with E-state index in [-0.39, 0.29) is 5.41 Å². The molecule has 23 heavy (non-hydrogen) atoms. The van der Waals surface area contributed by atoms with Gasteiger partial charge >= 0.3 is 6.09 Å². The predicted octanol–water partition coefficient (Wildman–Crippen LogP) is 4.39. The Labute approximate surface area is 140 Å². The molecule has 0 fully saturated rings. The normalized spacial score (nSPS) is 12.5. The first-order valence-electron chi connectivity index (χ1n) is 8.42. The lowest BCUT2D eigenvalue weighted by molar-refractivity contribution is 0.137. The van der Waals surface area contributed by atoms with Crippen molar-refractivity contribution < 1.29 is 9.53 Å². The van der Waals surface area contributed by atoms with Crippen molar-refractivity contribution in [3.8, 4) is 0 Å². The van der Waals surface area contributed by atoms with Gasteiger partial charge in [-0.3, -0.25) is 0 Å². The monoisotopic (exact) mass is 318 g/mol. The molecule has 1 amide bonds. The molecule has 0 saturated carbocycles. The van der Waals surface area contributed by atoms with E-state index in [1.807, 2.05) is 51.1 Å². The zero-order chi connectivity index (χ0) is 17.3. The molecule has 4 heteroatoms. The summed E-state index contributed by atoms with van der Waals surface area (Å²) in [5.41, 5.74) is 1.49. The molecule has 0 atom stereocenters. The van der Waals surface area contributed by atoms with Crippen LogP contribution in [-0.4, -0.2) is 42.9 Å². The quantitative estimate of drug-likeness (QED) is 0.700. The third-order valence-electron chi connectivity index (χ3n) is 3.58. The molecule has 0 unspecified atom stereocenters. The zero-order valence-corrected chi connectivity index (χ0v) is 15.1. The lowest BCUT2D eigenvalue weighted by Crippen LogP contribution is -2.29. The molecule has 0 heterocycles. The summed E-state index contributed by atoms with van der Waals surface area (Å²) in [6.45, 7) is 13.5. The second-order valence-electron chi connectivity index (χ2n) is 6.63. The Hall–Kier alpha value is -1.68. The number of ether oxygens (including phenoxy) is 1. The maximum atomic E-state index is 12.1. The molecule has 4 nitrogen and oxygen atoms in total. The van der Waals surface area contributed by atoms with E-state index in [0.29, 0.717) is 6.61 Å². The van der Waals surface area contributed by atoms with Gasteiger partial charge in [-0.25, -0.2) is 4.79 Å². The Morgan fingerprint density at radius 1 is 1.13 bits per heavy atom. The summed E-state index contributed by atoms with van der Waals surface area (Å²) in [4.78, 5) is 18.6. The zero-order valence-electron chi connectivity index (χ0n) is 15.1. The van der Waals surface area contributed by atoms with Gasteiger partial charge in [0.05, 0.1) is 5.71 Å². The minimum Gasteiger partial charge on any atom is -0.447 e. The fraction of sp³-hybridized carbons (Fsp3) is 0.579. The summed E-state index contributed by atoms with van der Waals surface area (Å²) < 4.78 is 5.30. The van der Waals surface area contributed by atoms with Gasteiger partial charge in [0, 0.05) is 12.0 Å². The van der Waals surface area contributed by atoms with Crippen LogP contribution in [0.25, 0.3) is 0 Å². The lowest BCUT2D eigenvalue weighted by atomic mass is 9.85. The summed E-state index contributed by atoms with van der Waals surface area (Å²) in [6, 6.07) is 9.79. The van der Waals surface area contributed by atoms with Crippen molar-refractivity contribution in [3.05, 3.63) is 35.9 Å². The first-order valence-corrected chi connectivity index (χ1v) is 8.42. The molecule has 1 aromatic carbocycles. The van der Waals surface area contributed by atoms with Gasteiger partial charge in [0.15, 0.2) is 0 Å². The highest BCUT2D eigenvalue weighted by Gasteiger charge is 2.22. The van der Waals surface area contributed by atoms with Gasteiger partial charge < -0.3 is 9.64 Å². The van der Waals surface area contributed by atoms with Gasteiger partial charge in [0.2, 0.25) is 0 Å². The van der Waals surface area contributed by atoms with Crippen molar-refractivity contribution in [2.75, 3.05) is 26.2 Å². The van der Waals surface area contributed by atoms with Crippen molar-refractivity contribution in [2.24, 2.45) is 10.4 Å². The molecule has 128 valence electrons. The Balaban J connectivity index is 2.71. The number of carbonyl (C=O) groups excluding carboxylic acids is 1. The van der Waals surface area contributed by atoms with E-state index in [1.54, 1.807) is 0 Å². The number of likely N-dealkylation sites (N-methyl/N-ethyl adjacent to an activating group) is 1. The molecule has 0 spiro atoms. The maximum absolute atomic E-state index is 12.1. The molecule has 0 radical (unpaired) electrons. The van der Waals surface area contributed by atoms with E-state index in [9.17, 15) is 4.79 Å². The van der Waals surface area contributed by atoms with E-state index < -0.39 is 6.09 Å². The number of hydrogen-bond acceptors (Lipinski definition) is 3. The summed E-state index contributed by atoms with van der Waals surface area (Å²) in [6.07, 6.45) is 0.591. The topological polar surface area (TPSA) is 41.9 Å². The second kappa shape index (κ2) is 9.46. The number of amides is 1. The van der Waals surface area contributed by atoms with Crippen molar-refractivity contribution >= 4 is 11.8 Å². The van der Waals surface area contributed by atoms with E-state index in [4.69, 9.17) is 4.74 Å². The van der Waals surface area contributed by atoms with Crippen LogP contribution >= 0.6 is 0 Å². The average molecular weight is 318 g/mol. The number of benzene rings is 1. The van der Waals surface area contributed by atoms with Crippen LogP contribution < -0.4 is 0 Å². The van der Waals surface area contributed by atoms with Gasteiger partial charge in [-0.1, -0.05) is 65.0 Å². The van der Waals surface area contributed by atoms with Gasteiger partial charge in [0.1, 0.15) is 6.61 Å². The Kier molecular flexibility index (Phi) is 7.96. The Morgan fingerprint density at radius 3 is 2.30 bits per heavy atom. The third-order valence-corrected chi connectivity index (χ3v) is 3.58. The molecule has 0 aliphatic rings. The number of aliphatic imine (C=N–C) groups is 1. The van der Waals surface area contributed by atoms with Crippen LogP contribution in [0.1, 0.15) is 46.6 Å².